The standard InChI is InChI=1S/C13H15NOS/c1-9(2)11(15)8-13-14(3)10-6-4-5-7-12(10)16-13/h4-9H,1-3H3/b13-8+. The van der Waals surface area contributed by atoms with Crippen LogP contribution in [0.25, 0.3) is 0 Å². The van der Waals surface area contributed by atoms with Crippen molar-refractivity contribution in [3.8, 4) is 0 Å². The first-order valence-electron chi connectivity index (χ1n) is 5.35. The molecule has 0 aliphatic carbocycles. The monoisotopic (exact) mass is 233 g/mol. The summed E-state index contributed by atoms with van der Waals surface area (Å²) < 4.78 is 0. The van der Waals surface area contributed by atoms with Gasteiger partial charge in [-0.1, -0.05) is 37.7 Å². The number of benzene rings is 1. The van der Waals surface area contributed by atoms with Crippen molar-refractivity contribution in [2.45, 2.75) is 18.7 Å². The topological polar surface area (TPSA) is 20.3 Å². The summed E-state index contributed by atoms with van der Waals surface area (Å²) in [7, 11) is 2.00. The maximum Gasteiger partial charge on any atom is 0.160 e. The van der Waals surface area contributed by atoms with Gasteiger partial charge in [0.25, 0.3) is 0 Å². The molecule has 1 aromatic rings. The number of hydrogen-bond acceptors (Lipinski definition) is 3. The number of fused-ring (bicyclic) bond motifs is 1. The number of carbonyl (C=O) groups excluding carboxylic acids is 1. The van der Waals surface area contributed by atoms with Crippen LogP contribution in [0.15, 0.2) is 40.3 Å². The van der Waals surface area contributed by atoms with Crippen LogP contribution in [0.3, 0.4) is 0 Å². The molecule has 0 unspecified atom stereocenters. The van der Waals surface area contributed by atoms with E-state index in [-0.39, 0.29) is 11.7 Å². The third-order valence-electron chi connectivity index (χ3n) is 2.61. The van der Waals surface area contributed by atoms with Crippen LogP contribution in [0.2, 0.25) is 0 Å². The number of allylic oxidation sites excluding steroid dienone is 1. The maximum atomic E-state index is 11.7. The first-order chi connectivity index (χ1) is 7.59. The molecule has 0 saturated carbocycles. The molecule has 0 N–H and O–H groups in total. The molecule has 16 heavy (non-hydrogen) atoms. The molecule has 2 nitrogen and oxygen atoms in total. The highest BCUT2D eigenvalue weighted by Gasteiger charge is 2.22. The fourth-order valence-corrected chi connectivity index (χ4v) is 2.63. The van der Waals surface area contributed by atoms with Gasteiger partial charge < -0.3 is 4.90 Å². The Bertz CT molecular complexity index is 451. The zero-order valence-electron chi connectivity index (χ0n) is 9.73. The fourth-order valence-electron chi connectivity index (χ4n) is 1.54. The molecular weight excluding hydrogens is 218 g/mol. The van der Waals surface area contributed by atoms with Gasteiger partial charge in [-0.3, -0.25) is 4.79 Å². The molecule has 0 atom stereocenters. The Morgan fingerprint density at radius 2 is 2.06 bits per heavy atom. The van der Waals surface area contributed by atoms with E-state index in [4.69, 9.17) is 0 Å². The number of para-hydroxylation sites is 1. The molecule has 0 saturated heterocycles. The van der Waals surface area contributed by atoms with Crippen molar-refractivity contribution in [1.82, 2.24) is 0 Å². The summed E-state index contributed by atoms with van der Waals surface area (Å²) in [5.41, 5.74) is 1.18. The Morgan fingerprint density at radius 1 is 1.38 bits per heavy atom. The number of thioether (sulfide) groups is 1. The maximum absolute atomic E-state index is 11.7. The molecule has 1 aromatic carbocycles. The van der Waals surface area contributed by atoms with E-state index in [0.29, 0.717) is 0 Å². The van der Waals surface area contributed by atoms with Gasteiger partial charge in [0.15, 0.2) is 5.78 Å². The second kappa shape index (κ2) is 4.34. The molecule has 2 rings (SSSR count). The molecular formula is C13H15NOS. The Kier molecular flexibility index (Phi) is 3.06. The van der Waals surface area contributed by atoms with E-state index in [1.54, 1.807) is 17.8 Å². The summed E-state index contributed by atoms with van der Waals surface area (Å²) in [4.78, 5) is 15.0. The second-order valence-electron chi connectivity index (χ2n) is 4.17. The van der Waals surface area contributed by atoms with Gasteiger partial charge in [-0.15, -0.1) is 0 Å². The van der Waals surface area contributed by atoms with E-state index in [1.165, 1.54) is 10.6 Å². The molecule has 3 heteroatoms. The number of anilines is 1. The Hall–Kier alpha value is -1.22. The number of nitrogens with zero attached hydrogens (tertiary/aromatic N) is 1. The lowest BCUT2D eigenvalue weighted by atomic mass is 10.1. The number of ketones is 1. The number of carbonyl (C=O) groups is 1. The molecule has 1 heterocycles. The van der Waals surface area contributed by atoms with Crippen molar-refractivity contribution in [1.29, 1.82) is 0 Å². The van der Waals surface area contributed by atoms with E-state index >= 15 is 0 Å². The van der Waals surface area contributed by atoms with Crippen molar-refractivity contribution in [2.24, 2.45) is 5.92 Å². The van der Waals surface area contributed by atoms with Gasteiger partial charge in [0.1, 0.15) is 0 Å². The lowest BCUT2D eigenvalue weighted by Gasteiger charge is -2.13. The third kappa shape index (κ3) is 2.00. The Morgan fingerprint density at radius 3 is 2.69 bits per heavy atom. The van der Waals surface area contributed by atoms with Crippen LogP contribution in [-0.2, 0) is 4.79 Å². The van der Waals surface area contributed by atoms with Gasteiger partial charge in [0.05, 0.1) is 10.7 Å². The van der Waals surface area contributed by atoms with Crippen molar-refractivity contribution in [2.75, 3.05) is 11.9 Å². The first-order valence-corrected chi connectivity index (χ1v) is 6.17. The van der Waals surface area contributed by atoms with Crippen molar-refractivity contribution in [3.05, 3.63) is 35.4 Å². The summed E-state index contributed by atoms with van der Waals surface area (Å²) >= 11 is 1.66. The minimum Gasteiger partial charge on any atom is -0.338 e. The summed E-state index contributed by atoms with van der Waals surface area (Å²) in [6.45, 7) is 3.85. The second-order valence-corrected chi connectivity index (χ2v) is 5.23. The predicted molar refractivity (Wildman–Crippen MR) is 68.6 cm³/mol. The minimum absolute atomic E-state index is 0.0604. The highest BCUT2D eigenvalue weighted by molar-refractivity contribution is 8.03. The summed E-state index contributed by atoms with van der Waals surface area (Å²) in [6.07, 6.45) is 1.75. The Balaban J connectivity index is 2.28. The van der Waals surface area contributed by atoms with E-state index < -0.39 is 0 Å². The highest BCUT2D eigenvalue weighted by atomic mass is 32.2. The van der Waals surface area contributed by atoms with E-state index in [2.05, 4.69) is 17.0 Å². The largest absolute Gasteiger partial charge is 0.338 e. The summed E-state index contributed by atoms with van der Waals surface area (Å²) in [6, 6.07) is 8.19. The van der Waals surface area contributed by atoms with Crippen LogP contribution in [0.5, 0.6) is 0 Å². The van der Waals surface area contributed by atoms with E-state index in [0.717, 1.165) is 5.03 Å². The molecule has 0 spiro atoms. The van der Waals surface area contributed by atoms with Crippen molar-refractivity contribution < 1.29 is 4.79 Å². The third-order valence-corrected chi connectivity index (χ3v) is 3.77. The lowest BCUT2D eigenvalue weighted by Crippen LogP contribution is -2.12. The molecule has 0 amide bonds. The van der Waals surface area contributed by atoms with Crippen LogP contribution in [0.4, 0.5) is 5.69 Å². The van der Waals surface area contributed by atoms with Gasteiger partial charge in [-0.25, -0.2) is 0 Å². The van der Waals surface area contributed by atoms with E-state index in [1.807, 2.05) is 33.0 Å². The smallest absolute Gasteiger partial charge is 0.160 e. The average molecular weight is 233 g/mol. The summed E-state index contributed by atoms with van der Waals surface area (Å²) in [5, 5.41) is 1.01. The highest BCUT2D eigenvalue weighted by Crippen LogP contribution is 2.44. The van der Waals surface area contributed by atoms with Gasteiger partial charge in [-0.05, 0) is 12.1 Å². The zero-order chi connectivity index (χ0) is 11.7. The van der Waals surface area contributed by atoms with Crippen LogP contribution < -0.4 is 4.90 Å². The molecule has 0 radical (unpaired) electrons. The SMILES string of the molecule is CC(C)C(=O)/C=C1/Sc2ccccc2N1C. The van der Waals surface area contributed by atoms with Crippen molar-refractivity contribution in [3.63, 3.8) is 0 Å². The average Bonchev–Trinajstić information content (AvgIpc) is 2.56. The molecule has 1 aliphatic heterocycles. The quantitative estimate of drug-likeness (QED) is 0.731. The van der Waals surface area contributed by atoms with Gasteiger partial charge >= 0.3 is 0 Å². The van der Waals surface area contributed by atoms with Crippen LogP contribution in [0.1, 0.15) is 13.8 Å². The zero-order valence-corrected chi connectivity index (χ0v) is 10.5. The fraction of sp³-hybridized carbons (Fsp3) is 0.308. The Labute approximate surface area is 100 Å². The molecule has 0 aromatic heterocycles. The van der Waals surface area contributed by atoms with E-state index in [9.17, 15) is 4.79 Å². The predicted octanol–water partition coefficient (Wildman–Crippen LogP) is 3.30. The van der Waals surface area contributed by atoms with Gasteiger partial charge in [0.2, 0.25) is 0 Å². The minimum atomic E-state index is 0.0604. The molecule has 84 valence electrons. The van der Waals surface area contributed by atoms with Crippen LogP contribution in [0, 0.1) is 5.92 Å². The lowest BCUT2D eigenvalue weighted by molar-refractivity contribution is -0.117. The van der Waals surface area contributed by atoms with Gasteiger partial charge in [-0.2, -0.15) is 0 Å². The van der Waals surface area contributed by atoms with Crippen LogP contribution in [-0.4, -0.2) is 12.8 Å². The normalized spacial score (nSPS) is 17.0. The van der Waals surface area contributed by atoms with Crippen LogP contribution >= 0.6 is 11.8 Å². The summed E-state index contributed by atoms with van der Waals surface area (Å²) in [5.74, 6) is 0.243. The van der Waals surface area contributed by atoms with Crippen molar-refractivity contribution >= 4 is 23.2 Å². The molecule has 1 aliphatic rings. The molecule has 0 bridgehead atoms. The van der Waals surface area contributed by atoms with Gasteiger partial charge in [0, 0.05) is 23.9 Å². The molecule has 0 fully saturated rings. The number of rotatable bonds is 2. The first kappa shape index (κ1) is 11.3. The number of hydrogen-bond donors (Lipinski definition) is 0.